The fourth-order valence-corrected chi connectivity index (χ4v) is 4.46. The largest absolute Gasteiger partial charge is 0.486 e. The minimum atomic E-state index is -3.83. The van der Waals surface area contributed by atoms with Crippen molar-refractivity contribution < 1.29 is 32.2 Å². The van der Waals surface area contributed by atoms with Crippen molar-refractivity contribution in [3.05, 3.63) is 47.0 Å². The third-order valence-corrected chi connectivity index (χ3v) is 6.08. The summed E-state index contributed by atoms with van der Waals surface area (Å²) in [4.78, 5) is 24.7. The lowest BCUT2D eigenvalue weighted by Crippen LogP contribution is -2.45. The quantitative estimate of drug-likeness (QED) is 0.649. The Balaban J connectivity index is 1.88. The number of ether oxygens (including phenoxy) is 3. The molecule has 0 aliphatic carbocycles. The van der Waals surface area contributed by atoms with E-state index < -0.39 is 27.9 Å². The van der Waals surface area contributed by atoms with Crippen LogP contribution in [0, 0.1) is 0 Å². The maximum absolute atomic E-state index is 12.9. The number of halogens is 1. The molecule has 3 rings (SSSR count). The van der Waals surface area contributed by atoms with Gasteiger partial charge in [-0.05, 0) is 37.3 Å². The summed E-state index contributed by atoms with van der Waals surface area (Å²) < 4.78 is 41.7. The predicted octanol–water partition coefficient (Wildman–Crippen LogP) is 2.69. The monoisotopic (exact) mass is 468 g/mol. The average molecular weight is 469 g/mol. The van der Waals surface area contributed by atoms with Crippen molar-refractivity contribution in [1.82, 2.24) is 0 Å². The van der Waals surface area contributed by atoms with E-state index >= 15 is 0 Å². The molecule has 1 N–H and O–H groups in total. The van der Waals surface area contributed by atoms with Crippen LogP contribution in [0.3, 0.4) is 0 Å². The van der Waals surface area contributed by atoms with Crippen LogP contribution in [0.1, 0.15) is 17.3 Å². The van der Waals surface area contributed by atoms with E-state index in [1.807, 2.05) is 0 Å². The Morgan fingerprint density at radius 3 is 2.45 bits per heavy atom. The van der Waals surface area contributed by atoms with Crippen LogP contribution in [0.15, 0.2) is 36.4 Å². The summed E-state index contributed by atoms with van der Waals surface area (Å²) in [6.07, 6.45) is 1.01. The number of nitrogens with one attached hydrogen (secondary N) is 1. The summed E-state index contributed by atoms with van der Waals surface area (Å²) in [7, 11) is -2.62. The van der Waals surface area contributed by atoms with E-state index in [0.29, 0.717) is 24.7 Å². The minimum absolute atomic E-state index is 0.0708. The van der Waals surface area contributed by atoms with Crippen LogP contribution >= 0.6 is 11.6 Å². The van der Waals surface area contributed by atoms with Gasteiger partial charge < -0.3 is 19.5 Å². The van der Waals surface area contributed by atoms with Crippen molar-refractivity contribution in [1.29, 1.82) is 0 Å². The van der Waals surface area contributed by atoms with E-state index in [-0.39, 0.29) is 22.0 Å². The Kier molecular flexibility index (Phi) is 6.61. The van der Waals surface area contributed by atoms with Gasteiger partial charge in [0.05, 0.1) is 29.6 Å². The molecule has 31 heavy (non-hydrogen) atoms. The first-order valence-electron chi connectivity index (χ1n) is 9.19. The molecule has 1 amide bonds. The lowest BCUT2D eigenvalue weighted by Gasteiger charge is -2.29. The van der Waals surface area contributed by atoms with Crippen molar-refractivity contribution in [2.75, 3.05) is 36.2 Å². The van der Waals surface area contributed by atoms with Crippen LogP contribution in [-0.2, 0) is 19.6 Å². The van der Waals surface area contributed by atoms with Gasteiger partial charge in [0.15, 0.2) is 11.5 Å². The molecule has 2 aromatic rings. The molecular formula is C20H21ClN2O7S. The van der Waals surface area contributed by atoms with E-state index in [1.54, 1.807) is 6.07 Å². The van der Waals surface area contributed by atoms with Crippen molar-refractivity contribution in [3.63, 3.8) is 0 Å². The molecule has 0 radical (unpaired) electrons. The molecule has 1 heterocycles. The molecule has 1 aliphatic rings. The molecule has 0 fully saturated rings. The van der Waals surface area contributed by atoms with Gasteiger partial charge in [-0.3, -0.25) is 9.10 Å². The molecule has 0 bridgehead atoms. The average Bonchev–Trinajstić information content (AvgIpc) is 2.73. The zero-order valence-corrected chi connectivity index (χ0v) is 18.6. The molecule has 1 atom stereocenters. The normalized spacial score (nSPS) is 13.8. The first kappa shape index (κ1) is 22.7. The Bertz CT molecular complexity index is 1120. The number of amides is 1. The van der Waals surface area contributed by atoms with Crippen molar-refractivity contribution in [2.24, 2.45) is 0 Å². The van der Waals surface area contributed by atoms with Crippen LogP contribution < -0.4 is 19.1 Å². The Morgan fingerprint density at radius 2 is 1.81 bits per heavy atom. The van der Waals surface area contributed by atoms with E-state index in [2.05, 4.69) is 10.1 Å². The van der Waals surface area contributed by atoms with Gasteiger partial charge in [0.1, 0.15) is 19.3 Å². The zero-order valence-electron chi connectivity index (χ0n) is 17.0. The Hall–Kier alpha value is -2.98. The summed E-state index contributed by atoms with van der Waals surface area (Å²) in [6, 6.07) is 7.81. The van der Waals surface area contributed by atoms with Gasteiger partial charge in [0, 0.05) is 11.8 Å². The molecule has 0 aromatic heterocycles. The number of hydrogen-bond acceptors (Lipinski definition) is 7. The van der Waals surface area contributed by atoms with Gasteiger partial charge in [-0.15, -0.1) is 0 Å². The summed E-state index contributed by atoms with van der Waals surface area (Å²) in [5, 5.41) is 2.76. The van der Waals surface area contributed by atoms with Crippen molar-refractivity contribution in [3.8, 4) is 11.5 Å². The highest BCUT2D eigenvalue weighted by atomic mass is 35.5. The van der Waals surface area contributed by atoms with E-state index in [0.717, 1.165) is 10.6 Å². The molecule has 1 aliphatic heterocycles. The first-order chi connectivity index (χ1) is 14.6. The van der Waals surface area contributed by atoms with Gasteiger partial charge in [-0.25, -0.2) is 13.2 Å². The molecule has 0 unspecified atom stereocenters. The molecular weight excluding hydrogens is 448 g/mol. The second-order valence-electron chi connectivity index (χ2n) is 6.74. The van der Waals surface area contributed by atoms with Crippen LogP contribution in [0.4, 0.5) is 11.4 Å². The highest BCUT2D eigenvalue weighted by molar-refractivity contribution is 7.92. The van der Waals surface area contributed by atoms with Gasteiger partial charge in [0.25, 0.3) is 0 Å². The number of rotatable bonds is 6. The predicted molar refractivity (Wildman–Crippen MR) is 116 cm³/mol. The van der Waals surface area contributed by atoms with Gasteiger partial charge >= 0.3 is 5.97 Å². The zero-order chi connectivity index (χ0) is 22.8. The standard InChI is InChI=1S/C20H21ClN2O7S/c1-12(19(24)22-13-4-6-16(21)15(10-13)20(25)28-2)23(31(3,26)27)14-5-7-17-18(11-14)30-9-8-29-17/h4-7,10-12H,8-9H2,1-3H3,(H,22,24)/t12-/m1/s1. The lowest BCUT2D eigenvalue weighted by molar-refractivity contribution is -0.116. The summed E-state index contributed by atoms with van der Waals surface area (Å²) in [5.41, 5.74) is 0.583. The second kappa shape index (κ2) is 9.03. The maximum atomic E-state index is 12.9. The third kappa shape index (κ3) is 5.02. The number of hydrogen-bond donors (Lipinski definition) is 1. The molecule has 9 nitrogen and oxygen atoms in total. The summed E-state index contributed by atoms with van der Waals surface area (Å²) in [6.45, 7) is 2.18. The number of fused-ring (bicyclic) bond motifs is 1. The van der Waals surface area contributed by atoms with Crippen molar-refractivity contribution in [2.45, 2.75) is 13.0 Å². The topological polar surface area (TPSA) is 111 Å². The Labute approximate surface area is 184 Å². The van der Waals surface area contributed by atoms with Gasteiger partial charge in [-0.1, -0.05) is 11.6 Å². The highest BCUT2D eigenvalue weighted by Crippen LogP contribution is 2.35. The maximum Gasteiger partial charge on any atom is 0.339 e. The van der Waals surface area contributed by atoms with Crippen LogP contribution in [0.25, 0.3) is 0 Å². The van der Waals surface area contributed by atoms with Crippen molar-refractivity contribution >= 4 is 44.9 Å². The molecule has 0 saturated carbocycles. The highest BCUT2D eigenvalue weighted by Gasteiger charge is 2.30. The van der Waals surface area contributed by atoms with E-state index in [4.69, 9.17) is 21.1 Å². The number of methoxy groups -OCH3 is 1. The number of nitrogens with zero attached hydrogens (tertiary/aromatic N) is 1. The number of carbonyl (C=O) groups is 2. The van der Waals surface area contributed by atoms with Gasteiger partial charge in [-0.2, -0.15) is 0 Å². The van der Waals surface area contributed by atoms with Gasteiger partial charge in [0.2, 0.25) is 15.9 Å². The molecule has 11 heteroatoms. The van der Waals surface area contributed by atoms with Crippen LogP contribution in [0.2, 0.25) is 5.02 Å². The van der Waals surface area contributed by atoms with E-state index in [9.17, 15) is 18.0 Å². The Morgan fingerprint density at radius 1 is 1.13 bits per heavy atom. The van der Waals surface area contributed by atoms with Crippen LogP contribution in [0.5, 0.6) is 11.5 Å². The molecule has 2 aromatic carbocycles. The first-order valence-corrected chi connectivity index (χ1v) is 11.4. The number of benzene rings is 2. The second-order valence-corrected chi connectivity index (χ2v) is 9.00. The molecule has 0 spiro atoms. The summed E-state index contributed by atoms with van der Waals surface area (Å²) in [5.74, 6) is -0.385. The SMILES string of the molecule is COC(=O)c1cc(NC(=O)[C@@H](C)N(c2ccc3c(c2)OCCO3)S(C)(=O)=O)ccc1Cl. The fraction of sp³-hybridized carbons (Fsp3) is 0.300. The smallest absolute Gasteiger partial charge is 0.339 e. The van der Waals surface area contributed by atoms with Crippen LogP contribution in [-0.4, -0.2) is 52.9 Å². The number of anilines is 2. The lowest BCUT2D eigenvalue weighted by atomic mass is 10.2. The number of carbonyl (C=O) groups excluding carboxylic acids is 2. The fourth-order valence-electron chi connectivity index (χ4n) is 3.09. The molecule has 0 saturated heterocycles. The minimum Gasteiger partial charge on any atom is -0.486 e. The number of esters is 1. The number of sulfonamides is 1. The summed E-state index contributed by atoms with van der Waals surface area (Å²) >= 11 is 5.99. The third-order valence-electron chi connectivity index (χ3n) is 4.51. The molecule has 166 valence electrons. The van der Waals surface area contributed by atoms with E-state index in [1.165, 1.54) is 44.4 Å².